The topological polar surface area (TPSA) is 84.5 Å². The summed E-state index contributed by atoms with van der Waals surface area (Å²) in [5.41, 5.74) is 3.12. The molecule has 3 aromatic carbocycles. The molecule has 0 saturated heterocycles. The first kappa shape index (κ1) is 22.4. The molecule has 6 nitrogen and oxygen atoms in total. The summed E-state index contributed by atoms with van der Waals surface area (Å²) in [6.45, 7) is 5.45. The molecule has 1 unspecified atom stereocenters. The van der Waals surface area contributed by atoms with Gasteiger partial charge in [-0.05, 0) is 56.2 Å². The molecule has 0 aromatic heterocycles. The molecule has 162 valence electrons. The molecule has 0 bridgehead atoms. The Morgan fingerprint density at radius 3 is 2.32 bits per heavy atom. The average molecular weight is 439 g/mol. The van der Waals surface area contributed by atoms with E-state index in [1.54, 1.807) is 32.2 Å². The Balaban J connectivity index is 1.86. The van der Waals surface area contributed by atoms with Crippen molar-refractivity contribution in [2.24, 2.45) is 0 Å². The second-order valence-electron chi connectivity index (χ2n) is 7.33. The predicted octanol–water partition coefficient (Wildman–Crippen LogP) is 4.60. The Morgan fingerprint density at radius 1 is 0.935 bits per heavy atom. The number of rotatable bonds is 7. The first-order valence-corrected chi connectivity index (χ1v) is 11.3. The van der Waals surface area contributed by atoms with Gasteiger partial charge in [-0.25, -0.2) is 8.42 Å². The fraction of sp³-hybridized carbons (Fsp3) is 0.208. The van der Waals surface area contributed by atoms with Gasteiger partial charge >= 0.3 is 0 Å². The summed E-state index contributed by atoms with van der Waals surface area (Å²) in [4.78, 5) is 13.0. The summed E-state index contributed by atoms with van der Waals surface area (Å²) in [5, 5.41) is 2.93. The molecule has 0 radical (unpaired) electrons. The van der Waals surface area contributed by atoms with Gasteiger partial charge in [0.15, 0.2) is 0 Å². The molecule has 0 aliphatic carbocycles. The fourth-order valence-electron chi connectivity index (χ4n) is 3.28. The third kappa shape index (κ3) is 5.06. The van der Waals surface area contributed by atoms with Gasteiger partial charge in [-0.1, -0.05) is 42.5 Å². The first-order chi connectivity index (χ1) is 14.7. The highest BCUT2D eigenvalue weighted by atomic mass is 32.2. The molecule has 1 amide bonds. The molecule has 0 aliphatic heterocycles. The Morgan fingerprint density at radius 2 is 1.61 bits per heavy atom. The second-order valence-corrected chi connectivity index (χ2v) is 9.02. The van der Waals surface area contributed by atoms with Gasteiger partial charge in [0.2, 0.25) is 0 Å². The Hall–Kier alpha value is -3.32. The molecular formula is C24H26N2O4S. The molecule has 2 N–H and O–H groups in total. The summed E-state index contributed by atoms with van der Waals surface area (Å²) in [5.74, 6) is 0.314. The van der Waals surface area contributed by atoms with Crippen LogP contribution in [0.3, 0.4) is 0 Å². The quantitative estimate of drug-likeness (QED) is 0.564. The van der Waals surface area contributed by atoms with Crippen LogP contribution in [0.1, 0.15) is 40.0 Å². The van der Waals surface area contributed by atoms with Crippen LogP contribution < -0.4 is 14.8 Å². The van der Waals surface area contributed by atoms with Crippen molar-refractivity contribution in [3.05, 3.63) is 89.0 Å². The lowest BCUT2D eigenvalue weighted by Gasteiger charge is -2.18. The number of hydrogen-bond donors (Lipinski definition) is 2. The number of benzene rings is 3. The van der Waals surface area contributed by atoms with E-state index in [0.717, 1.165) is 11.1 Å². The molecule has 31 heavy (non-hydrogen) atoms. The smallest absolute Gasteiger partial charge is 0.261 e. The zero-order valence-electron chi connectivity index (χ0n) is 18.0. The number of hydrogen-bond acceptors (Lipinski definition) is 4. The van der Waals surface area contributed by atoms with E-state index < -0.39 is 10.0 Å². The zero-order valence-corrected chi connectivity index (χ0v) is 18.8. The zero-order chi connectivity index (χ0) is 22.6. The largest absolute Gasteiger partial charge is 0.496 e. The van der Waals surface area contributed by atoms with E-state index in [4.69, 9.17) is 4.74 Å². The number of ether oxygens (including phenoxy) is 1. The van der Waals surface area contributed by atoms with Crippen molar-refractivity contribution in [1.29, 1.82) is 0 Å². The number of nitrogens with one attached hydrogen (secondary N) is 2. The lowest BCUT2D eigenvalue weighted by Crippen LogP contribution is -2.28. The van der Waals surface area contributed by atoms with Gasteiger partial charge in [0.1, 0.15) is 5.75 Å². The van der Waals surface area contributed by atoms with Crippen molar-refractivity contribution >= 4 is 21.6 Å². The Labute approximate surface area is 183 Å². The molecule has 0 fully saturated rings. The number of amides is 1. The normalized spacial score (nSPS) is 12.1. The van der Waals surface area contributed by atoms with E-state index in [1.165, 1.54) is 12.1 Å². The van der Waals surface area contributed by atoms with Crippen LogP contribution in [0.25, 0.3) is 0 Å². The number of para-hydroxylation sites is 2. The molecule has 7 heteroatoms. The summed E-state index contributed by atoms with van der Waals surface area (Å²) in [7, 11) is -2.27. The maximum absolute atomic E-state index is 13.0. The highest BCUT2D eigenvalue weighted by molar-refractivity contribution is 7.92. The van der Waals surface area contributed by atoms with Gasteiger partial charge < -0.3 is 10.1 Å². The van der Waals surface area contributed by atoms with Gasteiger partial charge in [-0.2, -0.15) is 0 Å². The van der Waals surface area contributed by atoms with Crippen molar-refractivity contribution in [2.75, 3.05) is 11.8 Å². The molecule has 0 saturated carbocycles. The van der Waals surface area contributed by atoms with Crippen molar-refractivity contribution < 1.29 is 17.9 Å². The highest BCUT2D eigenvalue weighted by Crippen LogP contribution is 2.26. The molecule has 1 atom stereocenters. The maximum Gasteiger partial charge on any atom is 0.261 e. The molecule has 3 rings (SSSR count). The van der Waals surface area contributed by atoms with Crippen LogP contribution in [0, 0.1) is 13.8 Å². The average Bonchev–Trinajstić information content (AvgIpc) is 2.75. The number of carbonyl (C=O) groups is 1. The molecule has 0 heterocycles. The number of anilines is 1. The number of sulfonamides is 1. The van der Waals surface area contributed by atoms with Gasteiger partial charge in [-0.15, -0.1) is 0 Å². The van der Waals surface area contributed by atoms with Crippen LogP contribution in [-0.2, 0) is 10.0 Å². The molecular weight excluding hydrogens is 412 g/mol. The van der Waals surface area contributed by atoms with Crippen LogP contribution in [-0.4, -0.2) is 21.4 Å². The van der Waals surface area contributed by atoms with Crippen LogP contribution >= 0.6 is 0 Å². The summed E-state index contributed by atoms with van der Waals surface area (Å²) in [6, 6.07) is 18.8. The van der Waals surface area contributed by atoms with E-state index in [0.29, 0.717) is 22.6 Å². The van der Waals surface area contributed by atoms with Crippen LogP contribution in [0.4, 0.5) is 5.69 Å². The van der Waals surface area contributed by atoms with Crippen molar-refractivity contribution in [2.45, 2.75) is 31.7 Å². The minimum Gasteiger partial charge on any atom is -0.496 e. The van der Waals surface area contributed by atoms with Gasteiger partial charge in [0, 0.05) is 11.1 Å². The van der Waals surface area contributed by atoms with Gasteiger partial charge in [0.25, 0.3) is 15.9 Å². The van der Waals surface area contributed by atoms with Crippen LogP contribution in [0.15, 0.2) is 71.6 Å². The van der Waals surface area contributed by atoms with Gasteiger partial charge in [-0.3, -0.25) is 9.52 Å². The van der Waals surface area contributed by atoms with E-state index >= 15 is 0 Å². The maximum atomic E-state index is 13.0. The Kier molecular flexibility index (Phi) is 6.65. The van der Waals surface area contributed by atoms with E-state index in [-0.39, 0.29) is 16.8 Å². The first-order valence-electron chi connectivity index (χ1n) is 9.86. The summed E-state index contributed by atoms with van der Waals surface area (Å²) >= 11 is 0. The Bertz CT molecular complexity index is 1210. The number of aryl methyl sites for hydroxylation is 2. The fourth-order valence-corrected chi connectivity index (χ4v) is 4.44. The molecule has 0 spiro atoms. The minimum atomic E-state index is -3.85. The number of carbonyl (C=O) groups excluding carboxylic acids is 1. The SMILES string of the molecule is COc1ccccc1C(C)NC(=O)c1cc(S(=O)(=O)Nc2ccccc2C)ccc1C. The van der Waals surface area contributed by atoms with Crippen LogP contribution in [0.2, 0.25) is 0 Å². The third-order valence-electron chi connectivity index (χ3n) is 5.11. The monoisotopic (exact) mass is 438 g/mol. The van der Waals surface area contributed by atoms with Crippen LogP contribution in [0.5, 0.6) is 5.75 Å². The van der Waals surface area contributed by atoms with Crippen molar-refractivity contribution in [3.8, 4) is 5.75 Å². The van der Waals surface area contributed by atoms with E-state index in [2.05, 4.69) is 10.0 Å². The number of methoxy groups -OCH3 is 1. The van der Waals surface area contributed by atoms with E-state index in [1.807, 2.05) is 50.2 Å². The lowest BCUT2D eigenvalue weighted by molar-refractivity contribution is 0.0938. The van der Waals surface area contributed by atoms with E-state index in [9.17, 15) is 13.2 Å². The lowest BCUT2D eigenvalue weighted by atomic mass is 10.0. The van der Waals surface area contributed by atoms with Crippen molar-refractivity contribution in [1.82, 2.24) is 5.32 Å². The van der Waals surface area contributed by atoms with Gasteiger partial charge in [0.05, 0.1) is 23.7 Å². The highest BCUT2D eigenvalue weighted by Gasteiger charge is 2.21. The predicted molar refractivity (Wildman–Crippen MR) is 122 cm³/mol. The standard InChI is InChI=1S/C24H26N2O4S/c1-16-13-14-19(31(28,29)26-22-11-7-5-9-17(22)2)15-21(16)24(27)25-18(3)20-10-6-8-12-23(20)30-4/h5-15,18,26H,1-4H3,(H,25,27). The summed E-state index contributed by atoms with van der Waals surface area (Å²) in [6.07, 6.45) is 0. The molecule has 3 aromatic rings. The second kappa shape index (κ2) is 9.22. The summed E-state index contributed by atoms with van der Waals surface area (Å²) < 4.78 is 33.8. The minimum absolute atomic E-state index is 0.0245. The molecule has 0 aliphatic rings. The van der Waals surface area contributed by atoms with Crippen molar-refractivity contribution in [3.63, 3.8) is 0 Å². The third-order valence-corrected chi connectivity index (χ3v) is 6.47.